The van der Waals surface area contributed by atoms with Crippen molar-refractivity contribution >= 4 is 30.1 Å². The molecule has 2 rings (SSSR count). The maximum Gasteiger partial charge on any atom is 0.252 e. The molecule has 1 N–H and O–H groups in total. The molecule has 0 saturated carbocycles. The topological polar surface area (TPSA) is 59.8 Å². The Balaban J connectivity index is 1.94. The number of hydrogen-bond acceptors (Lipinski definition) is 4. The normalized spacial score (nSPS) is 10.5. The van der Waals surface area contributed by atoms with Crippen LogP contribution in [0.1, 0.15) is 16.2 Å². The second kappa shape index (κ2) is 6.08. The van der Waals surface area contributed by atoms with E-state index in [2.05, 4.69) is 28.1 Å². The van der Waals surface area contributed by atoms with Crippen LogP contribution >= 0.6 is 24.2 Å². The molecule has 1 heterocycles. The van der Waals surface area contributed by atoms with Gasteiger partial charge in [0.15, 0.2) is 0 Å². The standard InChI is InChI=1S/C12H13ClN4OS/c1-17-7-15-16-11(17)4-5-14-12(18)9-6-8(19)2-3-10(9)13/h2-3,6-7,19H,4-5H2,1H3,(H,14,18). The Morgan fingerprint density at radius 3 is 3.00 bits per heavy atom. The largest absolute Gasteiger partial charge is 0.352 e. The van der Waals surface area contributed by atoms with E-state index < -0.39 is 0 Å². The smallest absolute Gasteiger partial charge is 0.252 e. The fraction of sp³-hybridized carbons (Fsp3) is 0.250. The van der Waals surface area contributed by atoms with Crippen LogP contribution in [0.5, 0.6) is 0 Å². The van der Waals surface area contributed by atoms with Crippen molar-refractivity contribution in [2.75, 3.05) is 6.54 Å². The predicted octanol–water partition coefficient (Wildman–Crippen LogP) is 1.73. The molecule has 1 amide bonds. The Labute approximate surface area is 121 Å². The van der Waals surface area contributed by atoms with E-state index in [-0.39, 0.29) is 5.91 Å². The summed E-state index contributed by atoms with van der Waals surface area (Å²) in [6, 6.07) is 5.03. The highest BCUT2D eigenvalue weighted by atomic mass is 35.5. The van der Waals surface area contributed by atoms with Crippen LogP contribution in [0, 0.1) is 0 Å². The van der Waals surface area contributed by atoms with Crippen molar-refractivity contribution in [1.29, 1.82) is 0 Å². The number of hydrogen-bond donors (Lipinski definition) is 2. The Morgan fingerprint density at radius 1 is 1.53 bits per heavy atom. The Kier molecular flexibility index (Phi) is 4.44. The van der Waals surface area contributed by atoms with E-state index in [9.17, 15) is 4.79 Å². The quantitative estimate of drug-likeness (QED) is 0.845. The lowest BCUT2D eigenvalue weighted by atomic mass is 10.2. The minimum absolute atomic E-state index is 0.219. The molecule has 0 unspecified atom stereocenters. The van der Waals surface area contributed by atoms with Crippen LogP contribution in [-0.2, 0) is 13.5 Å². The summed E-state index contributed by atoms with van der Waals surface area (Å²) in [6.07, 6.45) is 2.23. The number of benzene rings is 1. The molecule has 0 aliphatic rings. The van der Waals surface area contributed by atoms with Crippen molar-refractivity contribution in [1.82, 2.24) is 20.1 Å². The summed E-state index contributed by atoms with van der Waals surface area (Å²) in [4.78, 5) is 12.7. The molecule has 0 spiro atoms. The highest BCUT2D eigenvalue weighted by molar-refractivity contribution is 7.80. The van der Waals surface area contributed by atoms with Gasteiger partial charge in [-0.25, -0.2) is 0 Å². The summed E-state index contributed by atoms with van der Waals surface area (Å²) in [5.41, 5.74) is 0.423. The number of halogens is 1. The molecule has 5 nitrogen and oxygen atoms in total. The summed E-state index contributed by atoms with van der Waals surface area (Å²) < 4.78 is 1.81. The van der Waals surface area contributed by atoms with E-state index in [1.165, 1.54) is 0 Å². The predicted molar refractivity (Wildman–Crippen MR) is 75.7 cm³/mol. The zero-order chi connectivity index (χ0) is 13.8. The number of rotatable bonds is 4. The molecule has 19 heavy (non-hydrogen) atoms. The van der Waals surface area contributed by atoms with E-state index in [1.54, 1.807) is 24.5 Å². The number of aromatic nitrogens is 3. The first-order valence-electron chi connectivity index (χ1n) is 5.67. The summed E-state index contributed by atoms with van der Waals surface area (Å²) in [5.74, 6) is 0.595. The lowest BCUT2D eigenvalue weighted by molar-refractivity contribution is 0.0954. The summed E-state index contributed by atoms with van der Waals surface area (Å²) in [7, 11) is 1.86. The molecule has 0 saturated heterocycles. The number of nitrogens with one attached hydrogen (secondary N) is 1. The molecule has 0 aliphatic heterocycles. The van der Waals surface area contributed by atoms with Crippen LogP contribution in [0.4, 0.5) is 0 Å². The molecule has 0 fully saturated rings. The van der Waals surface area contributed by atoms with Gasteiger partial charge in [-0.2, -0.15) is 0 Å². The molecule has 0 radical (unpaired) electrons. The summed E-state index contributed by atoms with van der Waals surface area (Å²) >= 11 is 10.2. The zero-order valence-electron chi connectivity index (χ0n) is 10.3. The number of thiol groups is 1. The molecular formula is C12H13ClN4OS. The highest BCUT2D eigenvalue weighted by Crippen LogP contribution is 2.19. The van der Waals surface area contributed by atoms with Gasteiger partial charge in [-0.05, 0) is 18.2 Å². The third-order valence-electron chi connectivity index (χ3n) is 2.63. The minimum Gasteiger partial charge on any atom is -0.352 e. The molecule has 100 valence electrons. The van der Waals surface area contributed by atoms with Crippen molar-refractivity contribution in [3.05, 3.63) is 40.9 Å². The number of nitrogens with zero attached hydrogens (tertiary/aromatic N) is 3. The van der Waals surface area contributed by atoms with Gasteiger partial charge < -0.3 is 9.88 Å². The van der Waals surface area contributed by atoms with Crippen molar-refractivity contribution in [3.63, 3.8) is 0 Å². The molecule has 0 bridgehead atoms. The molecule has 1 aromatic heterocycles. The van der Waals surface area contributed by atoms with Crippen LogP contribution in [-0.4, -0.2) is 27.2 Å². The van der Waals surface area contributed by atoms with E-state index >= 15 is 0 Å². The van der Waals surface area contributed by atoms with E-state index in [0.717, 1.165) is 5.82 Å². The number of aryl methyl sites for hydroxylation is 1. The maximum atomic E-state index is 12.0. The Bertz CT molecular complexity index is 599. The number of carbonyl (C=O) groups is 1. The molecule has 0 aliphatic carbocycles. The van der Waals surface area contributed by atoms with Gasteiger partial charge in [0.25, 0.3) is 5.91 Å². The molecule has 0 atom stereocenters. The summed E-state index contributed by atoms with van der Waals surface area (Å²) in [6.45, 7) is 0.471. The Morgan fingerprint density at radius 2 is 2.32 bits per heavy atom. The van der Waals surface area contributed by atoms with Gasteiger partial charge in [-0.3, -0.25) is 4.79 Å². The zero-order valence-corrected chi connectivity index (χ0v) is 11.9. The average Bonchev–Trinajstić information content (AvgIpc) is 2.78. The lowest BCUT2D eigenvalue weighted by Crippen LogP contribution is -2.26. The fourth-order valence-electron chi connectivity index (χ4n) is 1.60. The number of carbonyl (C=O) groups excluding carboxylic acids is 1. The van der Waals surface area contributed by atoms with E-state index in [0.29, 0.717) is 28.4 Å². The third kappa shape index (κ3) is 3.48. The van der Waals surface area contributed by atoms with Crippen LogP contribution in [0.2, 0.25) is 5.02 Å². The first-order valence-corrected chi connectivity index (χ1v) is 6.50. The molecular weight excluding hydrogens is 284 g/mol. The Hall–Kier alpha value is -1.53. The van der Waals surface area contributed by atoms with Crippen LogP contribution < -0.4 is 5.32 Å². The second-order valence-corrected chi connectivity index (χ2v) is 4.95. The van der Waals surface area contributed by atoms with Gasteiger partial charge >= 0.3 is 0 Å². The van der Waals surface area contributed by atoms with Gasteiger partial charge in [0.2, 0.25) is 0 Å². The maximum absolute atomic E-state index is 12.0. The average molecular weight is 297 g/mol. The fourth-order valence-corrected chi connectivity index (χ4v) is 2.01. The lowest BCUT2D eigenvalue weighted by Gasteiger charge is -2.07. The molecule has 1 aromatic carbocycles. The van der Waals surface area contributed by atoms with Crippen LogP contribution in [0.25, 0.3) is 0 Å². The van der Waals surface area contributed by atoms with E-state index in [4.69, 9.17) is 11.6 Å². The van der Waals surface area contributed by atoms with Crippen molar-refractivity contribution in [2.24, 2.45) is 7.05 Å². The SMILES string of the molecule is Cn1cnnc1CCNC(=O)c1cc(S)ccc1Cl. The third-order valence-corrected chi connectivity index (χ3v) is 3.24. The van der Waals surface area contributed by atoms with Crippen molar-refractivity contribution in [3.8, 4) is 0 Å². The molecule has 7 heteroatoms. The van der Waals surface area contributed by atoms with Gasteiger partial charge in [0.05, 0.1) is 10.6 Å². The van der Waals surface area contributed by atoms with Crippen molar-refractivity contribution < 1.29 is 4.79 Å². The van der Waals surface area contributed by atoms with E-state index in [1.807, 2.05) is 11.6 Å². The van der Waals surface area contributed by atoms with Gasteiger partial charge in [-0.15, -0.1) is 22.8 Å². The second-order valence-electron chi connectivity index (χ2n) is 4.03. The van der Waals surface area contributed by atoms with Crippen LogP contribution in [0.3, 0.4) is 0 Å². The van der Waals surface area contributed by atoms with Crippen LogP contribution in [0.15, 0.2) is 29.4 Å². The minimum atomic E-state index is -0.219. The highest BCUT2D eigenvalue weighted by Gasteiger charge is 2.10. The first kappa shape index (κ1) is 13.9. The summed E-state index contributed by atoms with van der Waals surface area (Å²) in [5, 5.41) is 10.9. The van der Waals surface area contributed by atoms with Gasteiger partial charge in [0, 0.05) is 24.9 Å². The monoisotopic (exact) mass is 296 g/mol. The van der Waals surface area contributed by atoms with Gasteiger partial charge in [0.1, 0.15) is 12.2 Å². The van der Waals surface area contributed by atoms with Gasteiger partial charge in [-0.1, -0.05) is 11.6 Å². The van der Waals surface area contributed by atoms with Crippen molar-refractivity contribution in [2.45, 2.75) is 11.3 Å². The molecule has 2 aromatic rings. The number of amides is 1. The first-order chi connectivity index (χ1) is 9.08.